The molecule has 4 heteroatoms. The number of hydrogen-bond acceptors (Lipinski definition) is 1. The average Bonchev–Trinajstić information content (AvgIpc) is 1.84. The lowest BCUT2D eigenvalue weighted by Gasteiger charge is -2.22. The van der Waals surface area contributed by atoms with Crippen LogP contribution in [0.5, 0.6) is 0 Å². The Hall–Kier alpha value is -0.690. The van der Waals surface area contributed by atoms with E-state index < -0.39 is 18.2 Å². The number of rotatable bonds is 1. The molecule has 1 N–H and O–H groups in total. The maximum Gasteiger partial charge on any atom is 0.428 e. The molecule has 0 radical (unpaired) electrons. The Kier molecular flexibility index (Phi) is 2.33. The summed E-state index contributed by atoms with van der Waals surface area (Å²) >= 11 is 0. The van der Waals surface area contributed by atoms with Crippen LogP contribution in [0.4, 0.5) is 13.2 Å². The van der Waals surface area contributed by atoms with Gasteiger partial charge in [-0.15, -0.1) is 6.42 Å². The van der Waals surface area contributed by atoms with E-state index in [2.05, 4.69) is 6.42 Å². The van der Waals surface area contributed by atoms with Gasteiger partial charge >= 0.3 is 6.18 Å². The molecule has 0 aromatic heterocycles. The average molecular weight is 152 g/mol. The van der Waals surface area contributed by atoms with Crippen LogP contribution in [0.2, 0.25) is 0 Å². The molecule has 1 nitrogen and oxygen atoms in total. The quantitative estimate of drug-likeness (QED) is 0.562. The van der Waals surface area contributed by atoms with Gasteiger partial charge in [-0.1, -0.05) is 12.8 Å². The third-order valence-electron chi connectivity index (χ3n) is 1.22. The van der Waals surface area contributed by atoms with Crippen molar-refractivity contribution in [1.82, 2.24) is 0 Å². The van der Waals surface area contributed by atoms with Crippen molar-refractivity contribution in [3.05, 3.63) is 0 Å². The molecule has 0 aliphatic rings. The summed E-state index contributed by atoms with van der Waals surface area (Å²) in [7, 11) is 0. The highest BCUT2D eigenvalue weighted by Crippen LogP contribution is 2.31. The first-order valence-electron chi connectivity index (χ1n) is 2.64. The number of terminal acetylenes is 1. The summed E-state index contributed by atoms with van der Waals surface area (Å²) in [5, 5.41) is 8.60. The van der Waals surface area contributed by atoms with Gasteiger partial charge < -0.3 is 5.11 Å². The minimum absolute atomic E-state index is 0.521. The first kappa shape index (κ1) is 9.31. The van der Waals surface area contributed by atoms with Gasteiger partial charge in [0.2, 0.25) is 5.60 Å². The van der Waals surface area contributed by atoms with Crippen LogP contribution in [0.1, 0.15) is 13.3 Å². The Morgan fingerprint density at radius 2 is 1.90 bits per heavy atom. The second-order valence-corrected chi connectivity index (χ2v) is 1.86. The number of aliphatic hydroxyl groups is 1. The Labute approximate surface area is 56.9 Å². The molecule has 58 valence electrons. The highest BCUT2D eigenvalue weighted by molar-refractivity contribution is 5.10. The minimum atomic E-state index is -4.73. The molecule has 0 saturated carbocycles. The Bertz CT molecular complexity index is 155. The van der Waals surface area contributed by atoms with E-state index in [1.54, 1.807) is 0 Å². The van der Waals surface area contributed by atoms with Crippen LogP contribution < -0.4 is 0 Å². The summed E-state index contributed by atoms with van der Waals surface area (Å²) < 4.78 is 35.1. The standard InChI is InChI=1S/C6H7F3O/c1-3-5(10,4-2)6(7,8)9/h1,10H,4H2,2H3/t5-/m0/s1. The summed E-state index contributed by atoms with van der Waals surface area (Å²) in [6.07, 6.45) is -0.763. The van der Waals surface area contributed by atoms with Crippen molar-refractivity contribution in [1.29, 1.82) is 0 Å². The van der Waals surface area contributed by atoms with Gasteiger partial charge in [0, 0.05) is 0 Å². The van der Waals surface area contributed by atoms with Crippen LogP contribution in [-0.2, 0) is 0 Å². The normalized spacial score (nSPS) is 17.6. The maximum atomic E-state index is 11.7. The summed E-state index contributed by atoms with van der Waals surface area (Å²) in [5.74, 6) is 1.30. The molecule has 0 unspecified atom stereocenters. The second-order valence-electron chi connectivity index (χ2n) is 1.86. The van der Waals surface area contributed by atoms with Gasteiger partial charge in [0.05, 0.1) is 0 Å². The van der Waals surface area contributed by atoms with E-state index in [0.29, 0.717) is 0 Å². The first-order chi connectivity index (χ1) is 4.37. The topological polar surface area (TPSA) is 20.2 Å². The van der Waals surface area contributed by atoms with E-state index in [-0.39, 0.29) is 0 Å². The fourth-order valence-corrected chi connectivity index (χ4v) is 0.384. The molecular weight excluding hydrogens is 145 g/mol. The van der Waals surface area contributed by atoms with Crippen LogP contribution >= 0.6 is 0 Å². The van der Waals surface area contributed by atoms with Crippen molar-refractivity contribution >= 4 is 0 Å². The van der Waals surface area contributed by atoms with Crippen molar-refractivity contribution in [2.75, 3.05) is 0 Å². The Morgan fingerprint density at radius 3 is 1.90 bits per heavy atom. The smallest absolute Gasteiger partial charge is 0.370 e. The predicted octanol–water partition coefficient (Wildman–Crippen LogP) is 1.32. The van der Waals surface area contributed by atoms with Gasteiger partial charge in [-0.3, -0.25) is 0 Å². The minimum Gasteiger partial charge on any atom is -0.370 e. The van der Waals surface area contributed by atoms with Crippen molar-refractivity contribution in [2.24, 2.45) is 0 Å². The Balaban J connectivity index is 4.54. The van der Waals surface area contributed by atoms with E-state index in [0.717, 1.165) is 0 Å². The third-order valence-corrected chi connectivity index (χ3v) is 1.22. The summed E-state index contributed by atoms with van der Waals surface area (Å²) in [4.78, 5) is 0. The largest absolute Gasteiger partial charge is 0.428 e. The second kappa shape index (κ2) is 2.51. The van der Waals surface area contributed by atoms with Crippen molar-refractivity contribution in [2.45, 2.75) is 25.1 Å². The van der Waals surface area contributed by atoms with Crippen molar-refractivity contribution in [3.63, 3.8) is 0 Å². The van der Waals surface area contributed by atoms with Crippen LogP contribution in [0, 0.1) is 12.3 Å². The van der Waals surface area contributed by atoms with Crippen molar-refractivity contribution < 1.29 is 18.3 Å². The molecule has 10 heavy (non-hydrogen) atoms. The lowest BCUT2D eigenvalue weighted by atomic mass is 10.0. The van der Waals surface area contributed by atoms with E-state index in [1.807, 2.05) is 0 Å². The molecule has 1 atom stereocenters. The van der Waals surface area contributed by atoms with E-state index in [4.69, 9.17) is 5.11 Å². The molecule has 0 spiro atoms. The molecule has 0 aliphatic heterocycles. The van der Waals surface area contributed by atoms with E-state index in [9.17, 15) is 13.2 Å². The van der Waals surface area contributed by atoms with Crippen LogP contribution in [0.3, 0.4) is 0 Å². The van der Waals surface area contributed by atoms with Crippen LogP contribution in [0.25, 0.3) is 0 Å². The lowest BCUT2D eigenvalue weighted by Crippen LogP contribution is -2.42. The van der Waals surface area contributed by atoms with Crippen LogP contribution in [-0.4, -0.2) is 16.9 Å². The summed E-state index contributed by atoms with van der Waals surface area (Å²) in [6, 6.07) is 0. The molecule has 0 heterocycles. The third kappa shape index (κ3) is 1.42. The molecule has 0 rings (SSSR count). The van der Waals surface area contributed by atoms with E-state index >= 15 is 0 Å². The van der Waals surface area contributed by atoms with Crippen molar-refractivity contribution in [3.8, 4) is 12.3 Å². The van der Waals surface area contributed by atoms with E-state index in [1.165, 1.54) is 12.8 Å². The van der Waals surface area contributed by atoms with Gasteiger partial charge in [0.1, 0.15) is 0 Å². The highest BCUT2D eigenvalue weighted by Gasteiger charge is 2.51. The molecule has 0 fully saturated rings. The molecule has 0 amide bonds. The fourth-order valence-electron chi connectivity index (χ4n) is 0.384. The molecule has 0 bridgehead atoms. The highest BCUT2D eigenvalue weighted by atomic mass is 19.4. The predicted molar refractivity (Wildman–Crippen MR) is 30.1 cm³/mol. The molecule has 0 aromatic rings. The number of alkyl halides is 3. The first-order valence-corrected chi connectivity index (χ1v) is 2.64. The lowest BCUT2D eigenvalue weighted by molar-refractivity contribution is -0.236. The fraction of sp³-hybridized carbons (Fsp3) is 0.667. The van der Waals surface area contributed by atoms with Crippen LogP contribution in [0.15, 0.2) is 0 Å². The molecule has 0 aliphatic carbocycles. The van der Waals surface area contributed by atoms with Gasteiger partial charge in [-0.25, -0.2) is 0 Å². The zero-order valence-corrected chi connectivity index (χ0v) is 5.37. The zero-order valence-electron chi connectivity index (χ0n) is 5.37. The maximum absolute atomic E-state index is 11.7. The summed E-state index contributed by atoms with van der Waals surface area (Å²) in [6.45, 7) is 1.17. The number of hydrogen-bond donors (Lipinski definition) is 1. The SMILES string of the molecule is C#C[C@](O)(CC)C(F)(F)F. The van der Waals surface area contributed by atoms with Gasteiger partial charge in [-0.2, -0.15) is 13.2 Å². The molecule has 0 saturated heterocycles. The van der Waals surface area contributed by atoms with Gasteiger partial charge in [0.25, 0.3) is 0 Å². The number of halogens is 3. The van der Waals surface area contributed by atoms with Gasteiger partial charge in [0.15, 0.2) is 0 Å². The zero-order chi connectivity index (χ0) is 8.41. The molecule has 0 aromatic carbocycles. The van der Waals surface area contributed by atoms with Gasteiger partial charge in [-0.05, 0) is 6.42 Å². The monoisotopic (exact) mass is 152 g/mol. The summed E-state index contributed by atoms with van der Waals surface area (Å²) in [5.41, 5.74) is -2.95. The Morgan fingerprint density at radius 1 is 1.50 bits per heavy atom. The molecular formula is C6H7F3O.